The number of anilines is 4. The molecule has 1 aliphatic rings. The zero-order valence-corrected chi connectivity index (χ0v) is 13.0. The Bertz CT molecular complexity index is 616. The lowest BCUT2D eigenvalue weighted by atomic mass is 9.84. The lowest BCUT2D eigenvalue weighted by Crippen LogP contribution is -2.13. The van der Waals surface area contributed by atoms with Crippen molar-refractivity contribution in [2.24, 2.45) is 5.92 Å². The minimum Gasteiger partial charge on any atom is -0.397 e. The number of nitrogen functional groups attached to an aromatic ring is 2. The van der Waals surface area contributed by atoms with Crippen LogP contribution in [0.25, 0.3) is 0 Å². The Hall–Kier alpha value is -2.16. The molecule has 0 amide bonds. The molecule has 1 saturated carbocycles. The first kappa shape index (κ1) is 14.8. The zero-order chi connectivity index (χ0) is 15.4. The molecule has 0 aromatic heterocycles. The van der Waals surface area contributed by atoms with Crippen LogP contribution in [0.5, 0.6) is 0 Å². The molecular weight excluding hydrogens is 270 g/mol. The van der Waals surface area contributed by atoms with Gasteiger partial charge in [-0.3, -0.25) is 0 Å². The molecule has 3 heteroatoms. The van der Waals surface area contributed by atoms with Gasteiger partial charge in [0.05, 0.1) is 11.4 Å². The van der Waals surface area contributed by atoms with E-state index in [-0.39, 0.29) is 0 Å². The summed E-state index contributed by atoms with van der Waals surface area (Å²) in [6.07, 6.45) is 7.69. The SMILES string of the molecule is Nc1ccc(Nc2ccccc2)c(CC2CCCCC2)c1N. The first-order chi connectivity index (χ1) is 10.7. The zero-order valence-electron chi connectivity index (χ0n) is 13.0. The van der Waals surface area contributed by atoms with Crippen molar-refractivity contribution in [3.63, 3.8) is 0 Å². The molecule has 3 rings (SSSR count). The van der Waals surface area contributed by atoms with Crippen molar-refractivity contribution in [3.8, 4) is 0 Å². The summed E-state index contributed by atoms with van der Waals surface area (Å²) in [4.78, 5) is 0. The van der Waals surface area contributed by atoms with Crippen molar-refractivity contribution in [1.29, 1.82) is 0 Å². The Morgan fingerprint density at radius 2 is 1.64 bits per heavy atom. The minimum atomic E-state index is 0.685. The number of rotatable bonds is 4. The largest absolute Gasteiger partial charge is 0.397 e. The van der Waals surface area contributed by atoms with Crippen LogP contribution in [0.4, 0.5) is 22.7 Å². The smallest absolute Gasteiger partial charge is 0.0601 e. The predicted molar refractivity (Wildman–Crippen MR) is 95.3 cm³/mol. The summed E-state index contributed by atoms with van der Waals surface area (Å²) >= 11 is 0. The highest BCUT2D eigenvalue weighted by Crippen LogP contribution is 2.35. The molecule has 0 saturated heterocycles. The van der Waals surface area contributed by atoms with Gasteiger partial charge < -0.3 is 16.8 Å². The van der Waals surface area contributed by atoms with E-state index in [1.807, 2.05) is 24.3 Å². The van der Waals surface area contributed by atoms with Crippen LogP contribution in [0.1, 0.15) is 37.7 Å². The molecule has 0 radical (unpaired) electrons. The van der Waals surface area contributed by atoms with Gasteiger partial charge in [-0.05, 0) is 36.6 Å². The summed E-state index contributed by atoms with van der Waals surface area (Å²) in [5.74, 6) is 0.731. The molecule has 0 heterocycles. The van der Waals surface area contributed by atoms with Crippen LogP contribution in [-0.2, 0) is 6.42 Å². The number of para-hydroxylation sites is 1. The minimum absolute atomic E-state index is 0.685. The fourth-order valence-corrected chi connectivity index (χ4v) is 3.38. The number of nitrogens with one attached hydrogen (secondary N) is 1. The van der Waals surface area contributed by atoms with E-state index in [1.54, 1.807) is 0 Å². The highest BCUT2D eigenvalue weighted by molar-refractivity contribution is 5.78. The van der Waals surface area contributed by atoms with Crippen molar-refractivity contribution < 1.29 is 0 Å². The quantitative estimate of drug-likeness (QED) is 0.715. The Kier molecular flexibility index (Phi) is 4.52. The number of benzene rings is 2. The van der Waals surface area contributed by atoms with Crippen molar-refractivity contribution in [2.45, 2.75) is 38.5 Å². The van der Waals surface area contributed by atoms with Crippen LogP contribution in [0.3, 0.4) is 0 Å². The van der Waals surface area contributed by atoms with Gasteiger partial charge in [0.15, 0.2) is 0 Å². The molecule has 0 atom stereocenters. The van der Waals surface area contributed by atoms with E-state index in [9.17, 15) is 0 Å². The molecule has 0 aliphatic heterocycles. The third-order valence-electron chi connectivity index (χ3n) is 4.66. The van der Waals surface area contributed by atoms with Crippen molar-refractivity contribution in [2.75, 3.05) is 16.8 Å². The Morgan fingerprint density at radius 3 is 2.36 bits per heavy atom. The van der Waals surface area contributed by atoms with Crippen LogP contribution >= 0.6 is 0 Å². The number of hydrogen-bond acceptors (Lipinski definition) is 3. The highest BCUT2D eigenvalue weighted by Gasteiger charge is 2.18. The second-order valence-corrected chi connectivity index (χ2v) is 6.29. The topological polar surface area (TPSA) is 64.1 Å². The van der Waals surface area contributed by atoms with E-state index in [2.05, 4.69) is 23.5 Å². The van der Waals surface area contributed by atoms with Gasteiger partial charge in [0.2, 0.25) is 0 Å². The summed E-state index contributed by atoms with van der Waals surface area (Å²) in [5.41, 5.74) is 17.1. The third-order valence-corrected chi connectivity index (χ3v) is 4.66. The average molecular weight is 295 g/mol. The van der Waals surface area contributed by atoms with Gasteiger partial charge in [-0.15, -0.1) is 0 Å². The summed E-state index contributed by atoms with van der Waals surface area (Å²) in [5, 5.41) is 3.49. The molecule has 3 nitrogen and oxygen atoms in total. The lowest BCUT2D eigenvalue weighted by Gasteiger charge is -2.24. The molecule has 5 N–H and O–H groups in total. The second-order valence-electron chi connectivity index (χ2n) is 6.29. The molecule has 0 bridgehead atoms. The predicted octanol–water partition coefficient (Wildman–Crippen LogP) is 4.72. The van der Waals surface area contributed by atoms with E-state index >= 15 is 0 Å². The normalized spacial score (nSPS) is 15.6. The molecule has 116 valence electrons. The molecule has 1 fully saturated rings. The van der Waals surface area contributed by atoms with E-state index in [0.29, 0.717) is 5.69 Å². The maximum atomic E-state index is 6.29. The first-order valence-corrected chi connectivity index (χ1v) is 8.23. The molecule has 1 aliphatic carbocycles. The summed E-state index contributed by atoms with van der Waals surface area (Å²) in [7, 11) is 0. The van der Waals surface area contributed by atoms with E-state index in [4.69, 9.17) is 11.5 Å². The van der Waals surface area contributed by atoms with Gasteiger partial charge in [0.1, 0.15) is 0 Å². The molecule has 2 aromatic carbocycles. The molecule has 2 aromatic rings. The number of hydrogen-bond donors (Lipinski definition) is 3. The molecular formula is C19H25N3. The van der Waals surface area contributed by atoms with Gasteiger partial charge in [0.25, 0.3) is 0 Å². The fraction of sp³-hybridized carbons (Fsp3) is 0.368. The van der Waals surface area contributed by atoms with Gasteiger partial charge >= 0.3 is 0 Å². The standard InChI is InChI=1S/C19H25N3/c20-17-11-12-18(22-15-9-5-2-6-10-15)16(19(17)21)13-14-7-3-1-4-8-14/h2,5-6,9-12,14,22H,1,3-4,7-8,13,20-21H2. The van der Waals surface area contributed by atoms with Crippen LogP contribution < -0.4 is 16.8 Å². The van der Waals surface area contributed by atoms with E-state index < -0.39 is 0 Å². The van der Waals surface area contributed by atoms with Crippen LogP contribution in [0.15, 0.2) is 42.5 Å². The van der Waals surface area contributed by atoms with Crippen molar-refractivity contribution in [3.05, 3.63) is 48.0 Å². The Balaban J connectivity index is 1.86. The molecule has 0 spiro atoms. The van der Waals surface area contributed by atoms with Crippen molar-refractivity contribution >= 4 is 22.7 Å². The maximum Gasteiger partial charge on any atom is 0.0601 e. The molecule has 0 unspecified atom stereocenters. The van der Waals surface area contributed by atoms with Gasteiger partial charge in [0, 0.05) is 16.9 Å². The summed E-state index contributed by atoms with van der Waals surface area (Å²) in [6, 6.07) is 14.2. The lowest BCUT2D eigenvalue weighted by molar-refractivity contribution is 0.357. The Morgan fingerprint density at radius 1 is 0.909 bits per heavy atom. The monoisotopic (exact) mass is 295 g/mol. The highest BCUT2D eigenvalue weighted by atomic mass is 14.9. The van der Waals surface area contributed by atoms with Crippen LogP contribution in [0, 0.1) is 5.92 Å². The van der Waals surface area contributed by atoms with Crippen LogP contribution in [0.2, 0.25) is 0 Å². The Labute approximate surface area is 132 Å². The summed E-state index contributed by atoms with van der Waals surface area (Å²) in [6.45, 7) is 0. The van der Waals surface area contributed by atoms with Gasteiger partial charge in [-0.25, -0.2) is 0 Å². The van der Waals surface area contributed by atoms with E-state index in [0.717, 1.165) is 29.4 Å². The fourth-order valence-electron chi connectivity index (χ4n) is 3.38. The summed E-state index contributed by atoms with van der Waals surface area (Å²) < 4.78 is 0. The first-order valence-electron chi connectivity index (χ1n) is 8.23. The number of nitrogens with two attached hydrogens (primary N) is 2. The van der Waals surface area contributed by atoms with Crippen LogP contribution in [-0.4, -0.2) is 0 Å². The maximum absolute atomic E-state index is 6.29. The van der Waals surface area contributed by atoms with E-state index in [1.165, 1.54) is 37.7 Å². The second kappa shape index (κ2) is 6.73. The van der Waals surface area contributed by atoms with Crippen molar-refractivity contribution in [1.82, 2.24) is 0 Å². The third kappa shape index (κ3) is 3.35. The van der Waals surface area contributed by atoms with Gasteiger partial charge in [-0.2, -0.15) is 0 Å². The average Bonchev–Trinajstić information content (AvgIpc) is 2.56. The molecule has 22 heavy (non-hydrogen) atoms. The van der Waals surface area contributed by atoms with Gasteiger partial charge in [-0.1, -0.05) is 50.3 Å².